The minimum Gasteiger partial charge on any atom is -0.382 e. The van der Waals surface area contributed by atoms with Crippen molar-refractivity contribution in [2.45, 2.75) is 12.2 Å². The van der Waals surface area contributed by atoms with Crippen LogP contribution in [0.5, 0.6) is 0 Å². The Labute approximate surface area is 270 Å². The lowest BCUT2D eigenvalue weighted by molar-refractivity contribution is -0.136. The summed E-state index contributed by atoms with van der Waals surface area (Å²) in [5, 5.41) is 32.2. The summed E-state index contributed by atoms with van der Waals surface area (Å²) < 4.78 is 0. The molecule has 8 heteroatoms. The van der Waals surface area contributed by atoms with Crippen molar-refractivity contribution in [1.82, 2.24) is 19.9 Å². The molecule has 6 N–H and O–H groups in total. The van der Waals surface area contributed by atoms with Gasteiger partial charge in [-0.3, -0.25) is 9.59 Å². The maximum atomic E-state index is 14.5. The fourth-order valence-corrected chi connectivity index (χ4v) is 7.68. The van der Waals surface area contributed by atoms with Gasteiger partial charge in [-0.1, -0.05) is 97.1 Å². The second-order valence-corrected chi connectivity index (χ2v) is 12.5. The summed E-state index contributed by atoms with van der Waals surface area (Å²) in [6.07, 6.45) is 0.0374. The highest BCUT2D eigenvalue weighted by molar-refractivity contribution is 6.33. The fourth-order valence-electron chi connectivity index (χ4n) is 7.68. The molecule has 4 aromatic heterocycles. The lowest BCUT2D eigenvalue weighted by atomic mass is 9.90. The molecule has 10 rings (SSSR count). The van der Waals surface area contributed by atoms with Crippen molar-refractivity contribution in [2.75, 3.05) is 0 Å². The molecule has 0 saturated carbocycles. The molecule has 2 atom stereocenters. The van der Waals surface area contributed by atoms with Gasteiger partial charge in [0.25, 0.3) is 0 Å². The van der Waals surface area contributed by atoms with E-state index in [9.17, 15) is 19.8 Å². The van der Waals surface area contributed by atoms with Crippen LogP contribution < -0.4 is 21.4 Å². The summed E-state index contributed by atoms with van der Waals surface area (Å²) >= 11 is 0. The van der Waals surface area contributed by atoms with Crippen molar-refractivity contribution < 1.29 is 19.8 Å². The van der Waals surface area contributed by atoms with Crippen molar-refractivity contribution in [1.29, 1.82) is 0 Å². The molecule has 2 aliphatic heterocycles. The van der Waals surface area contributed by atoms with Gasteiger partial charge in [0.15, 0.2) is 23.8 Å². The molecule has 0 radical (unpaired) electrons. The molecule has 2 unspecified atom stereocenters. The van der Waals surface area contributed by atoms with Crippen LogP contribution >= 0.6 is 0 Å². The molecule has 4 aromatic carbocycles. The number of benzene rings is 4. The molecule has 0 fully saturated rings. The van der Waals surface area contributed by atoms with Gasteiger partial charge in [-0.2, -0.15) is 0 Å². The number of ketones is 2. The number of H-pyrrole nitrogens is 4. The minimum atomic E-state index is -2.02. The molecule has 8 nitrogen and oxygen atoms in total. The van der Waals surface area contributed by atoms with E-state index in [1.807, 2.05) is 97.1 Å². The molecule has 0 saturated heterocycles. The summed E-state index contributed by atoms with van der Waals surface area (Å²) in [4.78, 5) is 43.1. The first-order valence-corrected chi connectivity index (χ1v) is 15.8. The zero-order valence-electron chi connectivity index (χ0n) is 25.3. The van der Waals surface area contributed by atoms with Crippen LogP contribution in [-0.2, 0) is 9.59 Å². The molecule has 230 valence electrons. The van der Waals surface area contributed by atoms with Gasteiger partial charge < -0.3 is 30.1 Å². The van der Waals surface area contributed by atoms with Gasteiger partial charge in [0.05, 0.1) is 33.2 Å². The van der Waals surface area contributed by atoms with Crippen LogP contribution in [0.4, 0.5) is 0 Å². The van der Waals surface area contributed by atoms with E-state index >= 15 is 0 Å². The number of nitrogens with one attached hydrogen (secondary N) is 4. The number of Topliss-reactive ketones (excluding diaryl/α,β-unsaturated/α-hetero) is 2. The smallest absolute Gasteiger partial charge is 0.198 e. The highest BCUT2D eigenvalue weighted by Crippen LogP contribution is 2.34. The van der Waals surface area contributed by atoms with Crippen LogP contribution in [0.25, 0.3) is 66.4 Å². The molecule has 10 bridgehead atoms. The molecule has 8 aromatic rings. The third-order valence-electron chi connectivity index (χ3n) is 9.89. The van der Waals surface area contributed by atoms with Crippen molar-refractivity contribution in [3.63, 3.8) is 0 Å². The summed E-state index contributed by atoms with van der Waals surface area (Å²) in [6, 6.07) is 31.2. The number of carbonyl (C=O) groups is 2. The topological polar surface area (TPSA) is 138 Å². The summed E-state index contributed by atoms with van der Waals surface area (Å²) in [5.74, 6) is -1.53. The Bertz CT molecular complexity index is 2790. The average molecular weight is 627 g/mol. The summed E-state index contributed by atoms with van der Waals surface area (Å²) in [6.45, 7) is 0. The number of fused-ring (bicyclic) bond motifs is 16. The van der Waals surface area contributed by atoms with Crippen LogP contribution in [0.1, 0.15) is 22.8 Å². The fraction of sp³-hybridized carbons (Fsp3) is 0.0500. The standard InChI is InChI=1S/C40H26N4O4/c45-37-31-33-23-13-5-3-11-21(23)29(42-33)17-27-19-9-1-2-10-20(19)28(41-27)18-30-22-12-4-6-14-24(22)34(43-30)32(38(46)40(48)39(37)47)36-26-16-8-7-15-25(26)35(31)44-36/h1-18,39-44,47-48H. The second kappa shape index (κ2) is 9.65. The van der Waals surface area contributed by atoms with Crippen molar-refractivity contribution >= 4 is 78.0 Å². The highest BCUT2D eigenvalue weighted by atomic mass is 16.3. The van der Waals surface area contributed by atoms with Crippen molar-refractivity contribution in [3.8, 4) is 0 Å². The quantitative estimate of drug-likeness (QED) is 0.154. The molecule has 0 spiro atoms. The summed E-state index contributed by atoms with van der Waals surface area (Å²) in [5.41, 5.74) is 2.96. The zero-order chi connectivity index (χ0) is 32.3. The van der Waals surface area contributed by atoms with E-state index in [4.69, 9.17) is 0 Å². The molecular formula is C40H26N4O4. The van der Waals surface area contributed by atoms with Crippen LogP contribution in [-0.4, -0.2) is 53.9 Å². The number of hydrogen-bond acceptors (Lipinski definition) is 4. The van der Waals surface area contributed by atoms with Crippen molar-refractivity contribution in [2.24, 2.45) is 0 Å². The van der Waals surface area contributed by atoms with Crippen LogP contribution in [0, 0.1) is 0 Å². The van der Waals surface area contributed by atoms with E-state index in [0.29, 0.717) is 32.9 Å². The van der Waals surface area contributed by atoms with E-state index in [-0.39, 0.29) is 11.1 Å². The van der Waals surface area contributed by atoms with Crippen molar-refractivity contribution in [3.05, 3.63) is 141 Å². The predicted molar refractivity (Wildman–Crippen MR) is 186 cm³/mol. The molecule has 2 aliphatic rings. The van der Waals surface area contributed by atoms with E-state index in [0.717, 1.165) is 54.4 Å². The van der Waals surface area contributed by atoms with Gasteiger partial charge in [0, 0.05) is 65.2 Å². The molecule has 0 amide bonds. The number of rotatable bonds is 0. The van der Waals surface area contributed by atoms with Crippen LogP contribution in [0.3, 0.4) is 0 Å². The average Bonchev–Trinajstić information content (AvgIpc) is 3.87. The Morgan fingerprint density at radius 1 is 0.417 bits per heavy atom. The van der Waals surface area contributed by atoms with Gasteiger partial charge in [-0.15, -0.1) is 0 Å². The SMILES string of the molecule is O=C1C2=c3[nH]c(c4ccccc34)=Cc3[nH]c(c4ccccc34)C=c3[nH]c(c4ccccc34)=C(C(=O)C(O)C1O)c1[nH]c2c2ccccc12. The normalized spacial score (nSPS) is 17.7. The Hall–Kier alpha value is -6.22. The Kier molecular flexibility index (Phi) is 5.42. The number of aliphatic hydroxyl groups is 2. The van der Waals surface area contributed by atoms with E-state index in [2.05, 4.69) is 32.1 Å². The number of hydrogen-bond donors (Lipinski definition) is 6. The Morgan fingerprint density at radius 2 is 0.771 bits per heavy atom. The number of aromatic amines is 4. The number of aromatic nitrogens is 4. The van der Waals surface area contributed by atoms with Crippen LogP contribution in [0.2, 0.25) is 0 Å². The summed E-state index contributed by atoms with van der Waals surface area (Å²) in [7, 11) is 0. The maximum Gasteiger partial charge on any atom is 0.198 e. The van der Waals surface area contributed by atoms with E-state index < -0.39 is 23.8 Å². The van der Waals surface area contributed by atoms with Gasteiger partial charge >= 0.3 is 0 Å². The van der Waals surface area contributed by atoms with Gasteiger partial charge in [0.2, 0.25) is 0 Å². The molecule has 6 heterocycles. The Morgan fingerprint density at radius 3 is 1.19 bits per heavy atom. The first-order chi connectivity index (χ1) is 23.5. The largest absolute Gasteiger partial charge is 0.382 e. The van der Waals surface area contributed by atoms with Gasteiger partial charge in [-0.05, 0) is 12.2 Å². The molecule has 0 aliphatic carbocycles. The predicted octanol–water partition coefficient (Wildman–Crippen LogP) is 2.85. The first kappa shape index (κ1) is 26.9. The monoisotopic (exact) mass is 626 g/mol. The Balaban J connectivity index is 1.54. The second-order valence-electron chi connectivity index (χ2n) is 12.5. The molecular weight excluding hydrogens is 600 g/mol. The lowest BCUT2D eigenvalue weighted by Gasteiger charge is -2.18. The third-order valence-corrected chi connectivity index (χ3v) is 9.89. The maximum absolute atomic E-state index is 14.5. The first-order valence-electron chi connectivity index (χ1n) is 15.8. The lowest BCUT2D eigenvalue weighted by Crippen LogP contribution is -2.42. The zero-order valence-corrected chi connectivity index (χ0v) is 25.3. The van der Waals surface area contributed by atoms with Crippen LogP contribution in [0.15, 0.2) is 97.1 Å². The number of aliphatic hydroxyl groups excluding tert-OH is 2. The molecule has 48 heavy (non-hydrogen) atoms. The van der Waals surface area contributed by atoms with E-state index in [1.165, 1.54) is 0 Å². The third kappa shape index (κ3) is 3.55. The highest BCUT2D eigenvalue weighted by Gasteiger charge is 2.39. The number of carbonyl (C=O) groups excluding carboxylic acids is 2. The minimum absolute atomic E-state index is 0.156. The van der Waals surface area contributed by atoms with Gasteiger partial charge in [-0.25, -0.2) is 0 Å². The van der Waals surface area contributed by atoms with Gasteiger partial charge in [0.1, 0.15) is 0 Å². The van der Waals surface area contributed by atoms with E-state index in [1.54, 1.807) is 0 Å².